The quantitative estimate of drug-likeness (QED) is 0.586. The third kappa shape index (κ3) is 4.22. The molecule has 186 valence electrons. The van der Waals surface area contributed by atoms with E-state index in [1.54, 1.807) is 0 Å². The number of amides is 1. The van der Waals surface area contributed by atoms with Crippen LogP contribution in [-0.2, 0) is 0 Å². The average Bonchev–Trinajstić information content (AvgIpc) is 3.63. The number of anilines is 1. The summed E-state index contributed by atoms with van der Waals surface area (Å²) in [5.74, 6) is 1.61. The number of fused-ring (bicyclic) bond motifs is 1. The number of nitrogens with zero attached hydrogens (tertiary/aromatic N) is 5. The Bertz CT molecular complexity index is 1210. The lowest BCUT2D eigenvalue weighted by molar-refractivity contribution is 0.0604. The van der Waals surface area contributed by atoms with Crippen molar-refractivity contribution in [3.05, 3.63) is 47.0 Å². The minimum atomic E-state index is -0.0176. The third-order valence-electron chi connectivity index (χ3n) is 8.28. The molecule has 35 heavy (non-hydrogen) atoms. The largest absolute Gasteiger partial charge is 0.364 e. The summed E-state index contributed by atoms with van der Waals surface area (Å²) in [6.45, 7) is 4.64. The van der Waals surface area contributed by atoms with Gasteiger partial charge in [-0.1, -0.05) is 19.3 Å². The molecule has 5 heterocycles. The lowest BCUT2D eigenvalue weighted by Gasteiger charge is -2.35. The molecule has 3 fully saturated rings. The Morgan fingerprint density at radius 2 is 1.91 bits per heavy atom. The summed E-state index contributed by atoms with van der Waals surface area (Å²) in [7, 11) is 0. The van der Waals surface area contributed by atoms with Crippen LogP contribution in [0.2, 0.25) is 0 Å². The van der Waals surface area contributed by atoms with Gasteiger partial charge in [0.15, 0.2) is 5.65 Å². The number of likely N-dealkylation sites (tertiary alicyclic amines) is 1. The zero-order valence-electron chi connectivity index (χ0n) is 20.7. The number of hydrogen-bond donors (Lipinski definition) is 2. The predicted octanol–water partition coefficient (Wildman–Crippen LogP) is 4.32. The summed E-state index contributed by atoms with van der Waals surface area (Å²) in [6, 6.07) is 4.26. The van der Waals surface area contributed by atoms with Crippen LogP contribution in [0.1, 0.15) is 97.1 Å². The number of aryl methyl sites for hydroxylation is 1. The SMILES string of the molecule is Cc1cn2nc([C@@H]3CCCCN3C(=O)c3cc[nH]c3C3CCCCC3)cc2nc1N1CC[C@H](N)C1. The third-order valence-corrected chi connectivity index (χ3v) is 8.28. The first kappa shape index (κ1) is 22.6. The lowest BCUT2D eigenvalue weighted by Crippen LogP contribution is -2.39. The molecule has 0 bridgehead atoms. The second-order valence-corrected chi connectivity index (χ2v) is 10.8. The van der Waals surface area contributed by atoms with Crippen LogP contribution in [-0.4, -0.2) is 56.1 Å². The number of rotatable bonds is 4. The first-order valence-corrected chi connectivity index (χ1v) is 13.4. The second-order valence-electron chi connectivity index (χ2n) is 10.8. The maximum atomic E-state index is 13.9. The van der Waals surface area contributed by atoms with Gasteiger partial charge in [-0.3, -0.25) is 4.79 Å². The van der Waals surface area contributed by atoms with Crippen molar-refractivity contribution >= 4 is 17.4 Å². The Hall–Kier alpha value is -2.87. The molecule has 1 amide bonds. The molecule has 2 saturated heterocycles. The second kappa shape index (κ2) is 9.30. The van der Waals surface area contributed by atoms with Crippen molar-refractivity contribution in [2.24, 2.45) is 5.73 Å². The fraction of sp³-hybridized carbons (Fsp3) is 0.593. The topological polar surface area (TPSA) is 95.5 Å². The molecule has 1 aliphatic carbocycles. The normalized spacial score (nSPS) is 23.9. The van der Waals surface area contributed by atoms with Crippen LogP contribution in [0.3, 0.4) is 0 Å². The van der Waals surface area contributed by atoms with E-state index in [1.165, 1.54) is 32.1 Å². The zero-order chi connectivity index (χ0) is 23.9. The monoisotopic (exact) mass is 475 g/mol. The van der Waals surface area contributed by atoms with Crippen molar-refractivity contribution in [1.29, 1.82) is 0 Å². The Labute approximate surface area is 206 Å². The van der Waals surface area contributed by atoms with Crippen LogP contribution in [0.4, 0.5) is 5.82 Å². The summed E-state index contributed by atoms with van der Waals surface area (Å²) in [5.41, 5.74) is 11.0. The van der Waals surface area contributed by atoms with E-state index >= 15 is 0 Å². The average molecular weight is 476 g/mol. The number of nitrogens with one attached hydrogen (secondary N) is 1. The molecule has 2 atom stereocenters. The van der Waals surface area contributed by atoms with Crippen LogP contribution in [0.15, 0.2) is 24.5 Å². The molecule has 8 nitrogen and oxygen atoms in total. The molecule has 3 aliphatic rings. The highest BCUT2D eigenvalue weighted by Gasteiger charge is 2.33. The molecule has 8 heteroatoms. The lowest BCUT2D eigenvalue weighted by atomic mass is 9.85. The first-order chi connectivity index (χ1) is 17.1. The predicted molar refractivity (Wildman–Crippen MR) is 137 cm³/mol. The maximum Gasteiger partial charge on any atom is 0.256 e. The number of aromatic amines is 1. The number of hydrogen-bond acceptors (Lipinski definition) is 5. The van der Waals surface area contributed by atoms with Gasteiger partial charge in [-0.15, -0.1) is 0 Å². The molecule has 3 aromatic heterocycles. The van der Waals surface area contributed by atoms with E-state index in [1.807, 2.05) is 16.8 Å². The van der Waals surface area contributed by atoms with E-state index in [2.05, 4.69) is 34.0 Å². The number of nitrogens with two attached hydrogens (primary N) is 1. The van der Waals surface area contributed by atoms with Crippen LogP contribution in [0, 0.1) is 6.92 Å². The molecule has 0 spiro atoms. The van der Waals surface area contributed by atoms with Crippen molar-refractivity contribution in [2.75, 3.05) is 24.5 Å². The highest BCUT2D eigenvalue weighted by Crippen LogP contribution is 2.37. The summed E-state index contributed by atoms with van der Waals surface area (Å²) in [5, 5.41) is 4.92. The molecule has 0 aromatic carbocycles. The van der Waals surface area contributed by atoms with Gasteiger partial charge in [-0.05, 0) is 57.4 Å². The molecular weight excluding hydrogens is 438 g/mol. The Balaban J connectivity index is 1.29. The summed E-state index contributed by atoms with van der Waals surface area (Å²) in [6.07, 6.45) is 14.2. The van der Waals surface area contributed by atoms with Crippen LogP contribution in [0.5, 0.6) is 0 Å². The van der Waals surface area contributed by atoms with Gasteiger partial charge < -0.3 is 20.5 Å². The highest BCUT2D eigenvalue weighted by atomic mass is 16.2. The van der Waals surface area contributed by atoms with E-state index in [0.29, 0.717) is 5.92 Å². The van der Waals surface area contributed by atoms with Crippen LogP contribution < -0.4 is 10.6 Å². The van der Waals surface area contributed by atoms with Crippen molar-refractivity contribution in [1.82, 2.24) is 24.5 Å². The molecule has 0 radical (unpaired) electrons. The van der Waals surface area contributed by atoms with E-state index < -0.39 is 0 Å². The van der Waals surface area contributed by atoms with Crippen molar-refractivity contribution in [3.8, 4) is 0 Å². The molecule has 0 unspecified atom stereocenters. The smallest absolute Gasteiger partial charge is 0.256 e. The molecule has 2 aliphatic heterocycles. The summed E-state index contributed by atoms with van der Waals surface area (Å²) >= 11 is 0. The van der Waals surface area contributed by atoms with Gasteiger partial charge in [-0.2, -0.15) is 5.10 Å². The van der Waals surface area contributed by atoms with Crippen molar-refractivity contribution < 1.29 is 4.79 Å². The minimum Gasteiger partial charge on any atom is -0.364 e. The van der Waals surface area contributed by atoms with Gasteiger partial charge in [0.05, 0.1) is 17.3 Å². The minimum absolute atomic E-state index is 0.0176. The fourth-order valence-corrected chi connectivity index (χ4v) is 6.42. The molecular formula is C27H37N7O. The molecule has 3 aromatic rings. The number of carbonyl (C=O) groups is 1. The van der Waals surface area contributed by atoms with Gasteiger partial charge in [0, 0.05) is 55.4 Å². The van der Waals surface area contributed by atoms with Gasteiger partial charge >= 0.3 is 0 Å². The van der Waals surface area contributed by atoms with Gasteiger partial charge in [0.25, 0.3) is 5.91 Å². The van der Waals surface area contributed by atoms with E-state index in [4.69, 9.17) is 15.8 Å². The number of carbonyl (C=O) groups excluding carboxylic acids is 1. The molecule has 3 N–H and O–H groups in total. The highest BCUT2D eigenvalue weighted by molar-refractivity contribution is 5.96. The summed E-state index contributed by atoms with van der Waals surface area (Å²) in [4.78, 5) is 26.6. The Morgan fingerprint density at radius 3 is 2.71 bits per heavy atom. The van der Waals surface area contributed by atoms with Gasteiger partial charge in [0.2, 0.25) is 0 Å². The van der Waals surface area contributed by atoms with E-state index in [0.717, 1.165) is 79.3 Å². The first-order valence-electron chi connectivity index (χ1n) is 13.4. The number of aromatic nitrogens is 4. The van der Waals surface area contributed by atoms with Gasteiger partial charge in [0.1, 0.15) is 5.82 Å². The van der Waals surface area contributed by atoms with Crippen molar-refractivity contribution in [3.63, 3.8) is 0 Å². The van der Waals surface area contributed by atoms with Crippen LogP contribution >= 0.6 is 0 Å². The zero-order valence-corrected chi connectivity index (χ0v) is 20.7. The fourth-order valence-electron chi connectivity index (χ4n) is 6.42. The van der Waals surface area contributed by atoms with Gasteiger partial charge in [-0.25, -0.2) is 9.50 Å². The van der Waals surface area contributed by atoms with E-state index in [9.17, 15) is 4.79 Å². The maximum absolute atomic E-state index is 13.9. The molecule has 6 rings (SSSR count). The number of piperidine rings is 1. The van der Waals surface area contributed by atoms with Crippen molar-refractivity contribution in [2.45, 2.75) is 82.7 Å². The number of H-pyrrole nitrogens is 1. The Morgan fingerprint density at radius 1 is 1.09 bits per heavy atom. The van der Waals surface area contributed by atoms with E-state index in [-0.39, 0.29) is 18.0 Å². The summed E-state index contributed by atoms with van der Waals surface area (Å²) < 4.78 is 1.88. The standard InChI is InChI=1S/C27H37N7O/c1-18-16-34-24(30-26(18)32-14-11-20(28)17-32)15-22(31-34)23-9-5-6-13-33(23)27(35)21-10-12-29-25(21)19-7-3-2-4-8-19/h10,12,15-16,19-20,23,29H,2-9,11,13-14,17,28H2,1H3/t20-,23-/m0/s1. The van der Waals surface area contributed by atoms with Crippen LogP contribution in [0.25, 0.3) is 5.65 Å². The molecule has 1 saturated carbocycles. The Kier molecular flexibility index (Phi) is 6.00.